The first-order valence-electron chi connectivity index (χ1n) is 2.58. The van der Waals surface area contributed by atoms with Crippen LogP contribution in [0, 0.1) is 5.92 Å². The van der Waals surface area contributed by atoms with Gasteiger partial charge < -0.3 is 4.74 Å². The van der Waals surface area contributed by atoms with E-state index in [1.165, 1.54) is 0 Å². The Kier molecular flexibility index (Phi) is 1.15. The number of hydrogen-bond acceptors (Lipinski definition) is 1. The first-order valence-corrected chi connectivity index (χ1v) is 2.58. The highest BCUT2D eigenvalue weighted by atomic mass is 16.5. The Labute approximate surface area is 44.0 Å². The van der Waals surface area contributed by atoms with Crippen LogP contribution in [0.3, 0.4) is 0 Å². The Hall–Kier alpha value is -0.300. The molecule has 0 bridgehead atoms. The smallest absolute Gasteiger partial charge is 0.0631 e. The van der Waals surface area contributed by atoms with Crippen LogP contribution in [0.4, 0.5) is 0 Å². The van der Waals surface area contributed by atoms with Gasteiger partial charge in [-0.05, 0) is 6.92 Å². The molecule has 0 aliphatic carbocycles. The summed E-state index contributed by atoms with van der Waals surface area (Å²) >= 11 is 0. The first kappa shape index (κ1) is 4.85. The minimum atomic E-state index is 0.428. The zero-order chi connectivity index (χ0) is 5.28. The highest BCUT2D eigenvalue weighted by molar-refractivity contribution is 4.88. The van der Waals surface area contributed by atoms with Crippen molar-refractivity contribution < 1.29 is 4.74 Å². The Morgan fingerprint density at radius 2 is 2.57 bits per heavy atom. The van der Waals surface area contributed by atoms with Gasteiger partial charge in [0.2, 0.25) is 0 Å². The van der Waals surface area contributed by atoms with E-state index in [0.717, 1.165) is 6.61 Å². The zero-order valence-electron chi connectivity index (χ0n) is 4.55. The average Bonchev–Trinajstić information content (AvgIpc) is 1.65. The minimum absolute atomic E-state index is 0.428. The molecule has 1 heterocycles. The molecule has 1 fully saturated rings. The monoisotopic (exact) mass is 98.1 g/mol. The van der Waals surface area contributed by atoms with E-state index in [4.69, 9.17) is 4.74 Å². The van der Waals surface area contributed by atoms with Gasteiger partial charge in [0.05, 0.1) is 12.7 Å². The van der Waals surface area contributed by atoms with Crippen molar-refractivity contribution in [3.63, 3.8) is 0 Å². The molecule has 0 aromatic heterocycles. The lowest BCUT2D eigenvalue weighted by molar-refractivity contribution is -0.0802. The summed E-state index contributed by atoms with van der Waals surface area (Å²) in [5.41, 5.74) is 0. The molecule has 1 heteroatoms. The summed E-state index contributed by atoms with van der Waals surface area (Å²) in [6, 6.07) is 0. The molecule has 0 aromatic rings. The lowest BCUT2D eigenvalue weighted by Crippen LogP contribution is -2.35. The molecule has 0 radical (unpaired) electrons. The second-order valence-electron chi connectivity index (χ2n) is 1.94. The van der Waals surface area contributed by atoms with Crippen LogP contribution in [-0.2, 0) is 4.74 Å². The van der Waals surface area contributed by atoms with Gasteiger partial charge in [-0.2, -0.15) is 0 Å². The van der Waals surface area contributed by atoms with Gasteiger partial charge in [0.1, 0.15) is 0 Å². The SMILES string of the molecule is C=C[C@H]1CO[C@@H]1C. The molecule has 0 N–H and O–H groups in total. The molecular formula is C6H10O. The standard InChI is InChI=1S/C6H10O/c1-3-6-4-7-5(6)2/h3,5-6H,1,4H2,2H3/t5-,6+/m1/s1. The van der Waals surface area contributed by atoms with Gasteiger partial charge in [-0.25, -0.2) is 0 Å². The first-order chi connectivity index (χ1) is 3.34. The molecule has 7 heavy (non-hydrogen) atoms. The van der Waals surface area contributed by atoms with Crippen molar-refractivity contribution in [2.24, 2.45) is 5.92 Å². The molecule has 0 aromatic carbocycles. The maximum Gasteiger partial charge on any atom is 0.0631 e. The second kappa shape index (κ2) is 1.66. The zero-order valence-corrected chi connectivity index (χ0v) is 4.55. The fourth-order valence-corrected chi connectivity index (χ4v) is 0.659. The summed E-state index contributed by atoms with van der Waals surface area (Å²) < 4.78 is 5.06. The van der Waals surface area contributed by atoms with Crippen molar-refractivity contribution in [3.05, 3.63) is 12.7 Å². The van der Waals surface area contributed by atoms with Crippen LogP contribution in [0.15, 0.2) is 12.7 Å². The van der Waals surface area contributed by atoms with E-state index < -0.39 is 0 Å². The number of hydrogen-bond donors (Lipinski definition) is 0. The summed E-state index contributed by atoms with van der Waals surface area (Å²) in [5.74, 6) is 0.625. The van der Waals surface area contributed by atoms with Crippen LogP contribution in [-0.4, -0.2) is 12.7 Å². The molecule has 0 saturated carbocycles. The van der Waals surface area contributed by atoms with Gasteiger partial charge in [-0.3, -0.25) is 0 Å². The molecule has 40 valence electrons. The van der Waals surface area contributed by atoms with Crippen molar-refractivity contribution in [2.75, 3.05) is 6.61 Å². The van der Waals surface area contributed by atoms with Crippen LogP contribution in [0.1, 0.15) is 6.92 Å². The summed E-state index contributed by atoms with van der Waals surface area (Å²) in [7, 11) is 0. The number of ether oxygens (including phenoxy) is 1. The van der Waals surface area contributed by atoms with Crippen molar-refractivity contribution >= 4 is 0 Å². The molecule has 1 nitrogen and oxygen atoms in total. The van der Waals surface area contributed by atoms with E-state index in [-0.39, 0.29) is 0 Å². The van der Waals surface area contributed by atoms with Crippen LogP contribution >= 0.6 is 0 Å². The highest BCUT2D eigenvalue weighted by Gasteiger charge is 2.23. The largest absolute Gasteiger partial charge is 0.377 e. The van der Waals surface area contributed by atoms with Gasteiger partial charge in [0, 0.05) is 5.92 Å². The normalized spacial score (nSPS) is 39.6. The summed E-state index contributed by atoms with van der Waals surface area (Å²) in [5, 5.41) is 0. The molecule has 0 amide bonds. The van der Waals surface area contributed by atoms with Gasteiger partial charge in [-0.1, -0.05) is 6.08 Å². The fraction of sp³-hybridized carbons (Fsp3) is 0.667. The van der Waals surface area contributed by atoms with Crippen LogP contribution in [0.25, 0.3) is 0 Å². The molecule has 0 unspecified atom stereocenters. The fourth-order valence-electron chi connectivity index (χ4n) is 0.659. The molecule has 1 aliphatic heterocycles. The van der Waals surface area contributed by atoms with Gasteiger partial charge in [-0.15, -0.1) is 6.58 Å². The van der Waals surface area contributed by atoms with Crippen LogP contribution < -0.4 is 0 Å². The van der Waals surface area contributed by atoms with E-state index in [2.05, 4.69) is 13.5 Å². The summed E-state index contributed by atoms with van der Waals surface area (Å²) in [4.78, 5) is 0. The van der Waals surface area contributed by atoms with Gasteiger partial charge in [0.15, 0.2) is 0 Å². The maximum absolute atomic E-state index is 5.06. The van der Waals surface area contributed by atoms with E-state index in [1.807, 2.05) is 6.08 Å². The molecule has 1 aliphatic rings. The predicted octanol–water partition coefficient (Wildman–Crippen LogP) is 1.21. The summed E-state index contributed by atoms with van der Waals surface area (Å²) in [6.45, 7) is 6.60. The maximum atomic E-state index is 5.06. The van der Waals surface area contributed by atoms with E-state index in [9.17, 15) is 0 Å². The summed E-state index contributed by atoms with van der Waals surface area (Å²) in [6.07, 6.45) is 2.38. The van der Waals surface area contributed by atoms with Crippen LogP contribution in [0.2, 0.25) is 0 Å². The molecule has 1 rings (SSSR count). The van der Waals surface area contributed by atoms with Crippen LogP contribution in [0.5, 0.6) is 0 Å². The third-order valence-electron chi connectivity index (χ3n) is 1.46. The lowest BCUT2D eigenvalue weighted by atomic mass is 10.0. The minimum Gasteiger partial charge on any atom is -0.377 e. The van der Waals surface area contributed by atoms with Crippen molar-refractivity contribution in [1.82, 2.24) is 0 Å². The molecule has 0 spiro atoms. The Bertz CT molecular complexity index is 78.2. The second-order valence-corrected chi connectivity index (χ2v) is 1.94. The third-order valence-corrected chi connectivity index (χ3v) is 1.46. The Morgan fingerprint density at radius 1 is 1.86 bits per heavy atom. The van der Waals surface area contributed by atoms with Crippen molar-refractivity contribution in [3.8, 4) is 0 Å². The van der Waals surface area contributed by atoms with Gasteiger partial charge >= 0.3 is 0 Å². The van der Waals surface area contributed by atoms with Crippen molar-refractivity contribution in [1.29, 1.82) is 0 Å². The molecule has 1 saturated heterocycles. The topological polar surface area (TPSA) is 9.23 Å². The molecule has 2 atom stereocenters. The highest BCUT2D eigenvalue weighted by Crippen LogP contribution is 2.19. The van der Waals surface area contributed by atoms with E-state index in [1.54, 1.807) is 0 Å². The number of rotatable bonds is 1. The quantitative estimate of drug-likeness (QED) is 0.448. The Morgan fingerprint density at radius 3 is 2.57 bits per heavy atom. The van der Waals surface area contributed by atoms with E-state index in [0.29, 0.717) is 12.0 Å². The Balaban J connectivity index is 2.28. The van der Waals surface area contributed by atoms with E-state index >= 15 is 0 Å². The van der Waals surface area contributed by atoms with Gasteiger partial charge in [0.25, 0.3) is 0 Å². The lowest BCUT2D eigenvalue weighted by Gasteiger charge is -2.31. The van der Waals surface area contributed by atoms with Crippen molar-refractivity contribution in [2.45, 2.75) is 13.0 Å². The predicted molar refractivity (Wildman–Crippen MR) is 29.1 cm³/mol. The molecular weight excluding hydrogens is 88.1 g/mol. The average molecular weight is 98.1 g/mol. The third kappa shape index (κ3) is 0.682.